The molecule has 0 radical (unpaired) electrons. The molecule has 8 nitrogen and oxygen atoms in total. The van der Waals surface area contributed by atoms with Crippen LogP contribution in [0.3, 0.4) is 0 Å². The molecule has 0 amide bonds. The lowest BCUT2D eigenvalue weighted by Crippen LogP contribution is -2.31. The quantitative estimate of drug-likeness (QED) is 0.414. The number of hydrogen-bond acceptors (Lipinski definition) is 8. The number of nitrogens with zero attached hydrogens (tertiary/aromatic N) is 1. The Kier molecular flexibility index (Phi) is 5.68. The Morgan fingerprint density at radius 3 is 2.76 bits per heavy atom. The van der Waals surface area contributed by atoms with Crippen molar-refractivity contribution in [3.05, 3.63) is 63.0 Å². The number of esters is 1. The molecule has 2 aromatic carbocycles. The molecule has 0 spiro atoms. The smallest absolute Gasteiger partial charge is 0.339 e. The Hall–Kier alpha value is -3.52. The summed E-state index contributed by atoms with van der Waals surface area (Å²) in [7, 11) is 0. The molecule has 0 atom stereocenters. The summed E-state index contributed by atoms with van der Waals surface area (Å²) in [6.45, 7) is 5.85. The van der Waals surface area contributed by atoms with Gasteiger partial charge in [0.2, 0.25) is 6.79 Å². The van der Waals surface area contributed by atoms with Crippen LogP contribution in [0, 0.1) is 6.92 Å². The monoisotopic (exact) mass is 451 g/mol. The van der Waals surface area contributed by atoms with Crippen LogP contribution in [0.25, 0.3) is 11.0 Å². The molecular formula is C25H25NO7. The predicted molar refractivity (Wildman–Crippen MR) is 119 cm³/mol. The molecule has 33 heavy (non-hydrogen) atoms. The maximum atomic E-state index is 12.8. The van der Waals surface area contributed by atoms with Gasteiger partial charge in [0.1, 0.15) is 18.1 Å². The fraction of sp³-hybridized carbons (Fsp3) is 0.360. The minimum atomic E-state index is -0.425. The second kappa shape index (κ2) is 8.78. The van der Waals surface area contributed by atoms with Gasteiger partial charge in [0.15, 0.2) is 11.5 Å². The Morgan fingerprint density at radius 1 is 1.09 bits per heavy atom. The molecule has 1 aromatic heterocycles. The molecule has 0 saturated carbocycles. The van der Waals surface area contributed by atoms with E-state index in [1.165, 1.54) is 0 Å². The van der Waals surface area contributed by atoms with Crippen LogP contribution in [0.2, 0.25) is 0 Å². The van der Waals surface area contributed by atoms with E-state index in [0.29, 0.717) is 43.3 Å². The summed E-state index contributed by atoms with van der Waals surface area (Å²) in [4.78, 5) is 26.7. The first-order valence-corrected chi connectivity index (χ1v) is 11.0. The van der Waals surface area contributed by atoms with E-state index < -0.39 is 5.63 Å². The summed E-state index contributed by atoms with van der Waals surface area (Å²) in [6, 6.07) is 9.71. The van der Waals surface area contributed by atoms with Crippen LogP contribution in [-0.4, -0.2) is 31.0 Å². The fourth-order valence-electron chi connectivity index (χ4n) is 4.36. The highest BCUT2D eigenvalue weighted by Crippen LogP contribution is 2.36. The molecule has 0 fully saturated rings. The van der Waals surface area contributed by atoms with Crippen molar-refractivity contribution in [1.29, 1.82) is 0 Å². The molecule has 172 valence electrons. The lowest BCUT2D eigenvalue weighted by Gasteiger charge is -2.29. The SMILES string of the molecule is CCOC(=O)CCc1c(C)c2ccc3c(c2oc1=O)CN(Cc1ccc2c(c1)OCO2)CO3. The van der Waals surface area contributed by atoms with Gasteiger partial charge in [-0.25, -0.2) is 4.79 Å². The molecule has 2 aliphatic heterocycles. The Morgan fingerprint density at radius 2 is 1.91 bits per heavy atom. The van der Waals surface area contributed by atoms with E-state index in [4.69, 9.17) is 23.4 Å². The minimum Gasteiger partial charge on any atom is -0.478 e. The van der Waals surface area contributed by atoms with Crippen LogP contribution in [0.4, 0.5) is 0 Å². The zero-order valence-corrected chi connectivity index (χ0v) is 18.6. The first-order chi connectivity index (χ1) is 16.0. The maximum Gasteiger partial charge on any atom is 0.339 e. The number of carbonyl (C=O) groups is 1. The van der Waals surface area contributed by atoms with E-state index in [1.807, 2.05) is 37.3 Å². The van der Waals surface area contributed by atoms with E-state index in [-0.39, 0.29) is 25.6 Å². The number of fused-ring (bicyclic) bond motifs is 4. The van der Waals surface area contributed by atoms with E-state index in [0.717, 1.165) is 33.6 Å². The highest BCUT2D eigenvalue weighted by atomic mass is 16.7. The zero-order chi connectivity index (χ0) is 22.9. The van der Waals surface area contributed by atoms with Gasteiger partial charge in [-0.15, -0.1) is 0 Å². The molecule has 2 aliphatic rings. The Bertz CT molecular complexity index is 1280. The lowest BCUT2D eigenvalue weighted by molar-refractivity contribution is -0.143. The molecule has 8 heteroatoms. The number of ether oxygens (including phenoxy) is 4. The van der Waals surface area contributed by atoms with E-state index >= 15 is 0 Å². The highest BCUT2D eigenvalue weighted by Gasteiger charge is 2.24. The normalized spacial score (nSPS) is 14.7. The van der Waals surface area contributed by atoms with Gasteiger partial charge in [0.05, 0.1) is 12.2 Å². The predicted octanol–water partition coefficient (Wildman–Crippen LogP) is 3.68. The number of benzene rings is 2. The van der Waals surface area contributed by atoms with Gasteiger partial charge in [-0.3, -0.25) is 9.69 Å². The van der Waals surface area contributed by atoms with Crippen molar-refractivity contribution >= 4 is 16.9 Å². The molecule has 0 saturated heterocycles. The summed E-state index contributed by atoms with van der Waals surface area (Å²) in [5.74, 6) is 1.88. The van der Waals surface area contributed by atoms with Crippen molar-refractivity contribution in [3.8, 4) is 17.2 Å². The van der Waals surface area contributed by atoms with Gasteiger partial charge >= 0.3 is 11.6 Å². The molecular weight excluding hydrogens is 426 g/mol. The zero-order valence-electron chi connectivity index (χ0n) is 18.6. The third kappa shape index (κ3) is 4.14. The van der Waals surface area contributed by atoms with Gasteiger partial charge in [-0.05, 0) is 55.7 Å². The average Bonchev–Trinajstić information content (AvgIpc) is 3.27. The van der Waals surface area contributed by atoms with Crippen molar-refractivity contribution in [2.45, 2.75) is 39.8 Å². The first kappa shape index (κ1) is 21.3. The van der Waals surface area contributed by atoms with Crippen LogP contribution in [0.1, 0.15) is 35.6 Å². The van der Waals surface area contributed by atoms with Gasteiger partial charge in [0, 0.05) is 30.5 Å². The third-order valence-electron chi connectivity index (χ3n) is 6.03. The Balaban J connectivity index is 1.41. The second-order valence-corrected chi connectivity index (χ2v) is 8.17. The number of carbonyl (C=O) groups excluding carboxylic acids is 1. The van der Waals surface area contributed by atoms with Crippen molar-refractivity contribution < 1.29 is 28.2 Å². The van der Waals surface area contributed by atoms with Crippen molar-refractivity contribution in [2.75, 3.05) is 20.1 Å². The molecule has 0 unspecified atom stereocenters. The standard InChI is InChI=1S/C25H25NO7/c1-3-29-23(27)9-6-18-15(2)17-5-8-20-19(24(17)33-25(18)28)12-26(13-30-20)11-16-4-7-21-22(10-16)32-14-31-21/h4-5,7-8,10H,3,6,9,11-14H2,1-2H3. The molecule has 0 bridgehead atoms. The average molecular weight is 451 g/mol. The van der Waals surface area contributed by atoms with E-state index in [1.54, 1.807) is 6.92 Å². The second-order valence-electron chi connectivity index (χ2n) is 8.17. The number of hydrogen-bond donors (Lipinski definition) is 0. The third-order valence-corrected chi connectivity index (χ3v) is 6.03. The molecule has 5 rings (SSSR count). The van der Waals surface area contributed by atoms with Crippen molar-refractivity contribution in [2.24, 2.45) is 0 Å². The van der Waals surface area contributed by atoms with Gasteiger partial charge in [-0.2, -0.15) is 0 Å². The highest BCUT2D eigenvalue weighted by molar-refractivity contribution is 5.86. The van der Waals surface area contributed by atoms with Gasteiger partial charge < -0.3 is 23.4 Å². The summed E-state index contributed by atoms with van der Waals surface area (Å²) in [5, 5.41) is 0.848. The summed E-state index contributed by atoms with van der Waals surface area (Å²) in [5.41, 5.74) is 3.35. The summed E-state index contributed by atoms with van der Waals surface area (Å²) < 4.78 is 27.6. The van der Waals surface area contributed by atoms with Crippen molar-refractivity contribution in [3.63, 3.8) is 0 Å². The topological polar surface area (TPSA) is 87.4 Å². The lowest BCUT2D eigenvalue weighted by atomic mass is 9.99. The first-order valence-electron chi connectivity index (χ1n) is 11.0. The molecule has 3 aromatic rings. The van der Waals surface area contributed by atoms with Crippen molar-refractivity contribution in [1.82, 2.24) is 4.90 Å². The van der Waals surface area contributed by atoms with Gasteiger partial charge in [0.25, 0.3) is 0 Å². The Labute approximate surface area is 190 Å². The number of aryl methyl sites for hydroxylation is 1. The van der Waals surface area contributed by atoms with Crippen LogP contribution >= 0.6 is 0 Å². The van der Waals surface area contributed by atoms with Crippen LogP contribution < -0.4 is 19.8 Å². The van der Waals surface area contributed by atoms with Gasteiger partial charge in [-0.1, -0.05) is 6.07 Å². The van der Waals surface area contributed by atoms with Crippen LogP contribution in [0.5, 0.6) is 17.2 Å². The summed E-state index contributed by atoms with van der Waals surface area (Å²) >= 11 is 0. The summed E-state index contributed by atoms with van der Waals surface area (Å²) in [6.07, 6.45) is 0.426. The maximum absolute atomic E-state index is 12.8. The molecule has 3 heterocycles. The molecule has 0 N–H and O–H groups in total. The fourth-order valence-corrected chi connectivity index (χ4v) is 4.36. The van der Waals surface area contributed by atoms with E-state index in [2.05, 4.69) is 4.90 Å². The van der Waals surface area contributed by atoms with E-state index in [9.17, 15) is 9.59 Å². The largest absolute Gasteiger partial charge is 0.478 e. The minimum absolute atomic E-state index is 0.141. The van der Waals surface area contributed by atoms with Crippen LogP contribution in [0.15, 0.2) is 39.5 Å². The van der Waals surface area contributed by atoms with Crippen LogP contribution in [-0.2, 0) is 29.0 Å². The number of rotatable bonds is 6. The molecule has 0 aliphatic carbocycles.